The van der Waals surface area contributed by atoms with Gasteiger partial charge in [0, 0.05) is 5.69 Å². The van der Waals surface area contributed by atoms with Crippen LogP contribution >= 0.6 is 23.2 Å². The maximum Gasteiger partial charge on any atom is 0.322 e. The molecule has 1 aromatic rings. The standard InChI is InChI=1S/C8H7Cl2NO2/c9-6-2-1-5(3-7(6)10)11-4-8(12)13/h1-3,11H,4H2,(H,12,13). The average Bonchev–Trinajstić information content (AvgIpc) is 2.07. The van der Waals surface area contributed by atoms with Gasteiger partial charge in [0.25, 0.3) is 0 Å². The van der Waals surface area contributed by atoms with Gasteiger partial charge in [0.15, 0.2) is 0 Å². The maximum absolute atomic E-state index is 10.2. The molecule has 0 unspecified atom stereocenters. The number of hydrogen-bond acceptors (Lipinski definition) is 2. The number of carboxylic acid groups (broad SMARTS) is 1. The van der Waals surface area contributed by atoms with Crippen molar-refractivity contribution in [2.75, 3.05) is 11.9 Å². The number of aliphatic carboxylic acids is 1. The minimum atomic E-state index is -0.925. The van der Waals surface area contributed by atoms with Crippen molar-refractivity contribution in [1.29, 1.82) is 0 Å². The van der Waals surface area contributed by atoms with Crippen molar-refractivity contribution >= 4 is 34.9 Å². The molecule has 70 valence electrons. The molecule has 0 amide bonds. The summed E-state index contributed by atoms with van der Waals surface area (Å²) in [7, 11) is 0. The summed E-state index contributed by atoms with van der Waals surface area (Å²) >= 11 is 11.4. The zero-order valence-electron chi connectivity index (χ0n) is 6.55. The summed E-state index contributed by atoms with van der Waals surface area (Å²) in [4.78, 5) is 10.2. The van der Waals surface area contributed by atoms with E-state index in [4.69, 9.17) is 28.3 Å². The Hall–Kier alpha value is -0.930. The molecule has 0 bridgehead atoms. The van der Waals surface area contributed by atoms with Crippen molar-refractivity contribution in [3.05, 3.63) is 28.2 Å². The van der Waals surface area contributed by atoms with Crippen molar-refractivity contribution in [2.45, 2.75) is 0 Å². The minimum absolute atomic E-state index is 0.141. The smallest absolute Gasteiger partial charge is 0.322 e. The molecule has 0 spiro atoms. The number of hydrogen-bond donors (Lipinski definition) is 2. The number of carbonyl (C=O) groups is 1. The Morgan fingerprint density at radius 2 is 2.08 bits per heavy atom. The lowest BCUT2D eigenvalue weighted by Crippen LogP contribution is -2.12. The summed E-state index contributed by atoms with van der Waals surface area (Å²) in [6.07, 6.45) is 0. The summed E-state index contributed by atoms with van der Waals surface area (Å²) in [5, 5.41) is 11.9. The quantitative estimate of drug-likeness (QED) is 0.822. The van der Waals surface area contributed by atoms with E-state index in [9.17, 15) is 4.79 Å². The molecule has 0 aliphatic heterocycles. The SMILES string of the molecule is O=C(O)CNc1ccc(Cl)c(Cl)c1. The van der Waals surface area contributed by atoms with Crippen LogP contribution in [0.3, 0.4) is 0 Å². The molecule has 0 aliphatic carbocycles. The monoisotopic (exact) mass is 219 g/mol. The van der Waals surface area contributed by atoms with Crippen molar-refractivity contribution in [1.82, 2.24) is 0 Å². The van der Waals surface area contributed by atoms with Gasteiger partial charge in [-0.15, -0.1) is 0 Å². The van der Waals surface area contributed by atoms with Crippen LogP contribution in [0.1, 0.15) is 0 Å². The normalized spacial score (nSPS) is 9.69. The number of halogens is 2. The summed E-state index contributed by atoms with van der Waals surface area (Å²) in [5.74, 6) is -0.925. The molecule has 0 aromatic heterocycles. The molecule has 0 aliphatic rings. The molecule has 0 heterocycles. The Bertz CT molecular complexity index is 328. The molecule has 0 atom stereocenters. The second kappa shape index (κ2) is 4.35. The second-order valence-electron chi connectivity index (χ2n) is 2.38. The highest BCUT2D eigenvalue weighted by Gasteiger charge is 2.00. The predicted octanol–water partition coefficient (Wildman–Crippen LogP) is 2.49. The molecule has 0 fully saturated rings. The van der Waals surface area contributed by atoms with E-state index in [0.717, 1.165) is 0 Å². The fraction of sp³-hybridized carbons (Fsp3) is 0.125. The fourth-order valence-electron chi connectivity index (χ4n) is 0.784. The summed E-state index contributed by atoms with van der Waals surface area (Å²) in [6.45, 7) is -0.141. The average molecular weight is 220 g/mol. The molecule has 13 heavy (non-hydrogen) atoms. The molecule has 1 aromatic carbocycles. The number of nitrogens with one attached hydrogen (secondary N) is 1. The van der Waals surface area contributed by atoms with Gasteiger partial charge in [-0.25, -0.2) is 0 Å². The third-order valence-corrected chi connectivity index (χ3v) is 2.10. The van der Waals surface area contributed by atoms with Gasteiger partial charge in [-0.3, -0.25) is 4.79 Å². The van der Waals surface area contributed by atoms with Gasteiger partial charge < -0.3 is 10.4 Å². The van der Waals surface area contributed by atoms with Crippen LogP contribution in [-0.2, 0) is 4.79 Å². The van der Waals surface area contributed by atoms with E-state index in [0.29, 0.717) is 15.7 Å². The molecular weight excluding hydrogens is 213 g/mol. The van der Waals surface area contributed by atoms with E-state index >= 15 is 0 Å². The van der Waals surface area contributed by atoms with Crippen LogP contribution in [0.25, 0.3) is 0 Å². The Balaban J connectivity index is 2.68. The highest BCUT2D eigenvalue weighted by molar-refractivity contribution is 6.42. The van der Waals surface area contributed by atoms with Crippen molar-refractivity contribution in [2.24, 2.45) is 0 Å². The molecular formula is C8H7Cl2NO2. The number of rotatable bonds is 3. The van der Waals surface area contributed by atoms with E-state index < -0.39 is 5.97 Å². The van der Waals surface area contributed by atoms with Gasteiger partial charge in [0.05, 0.1) is 10.0 Å². The predicted molar refractivity (Wildman–Crippen MR) is 52.6 cm³/mol. The molecule has 1 rings (SSSR count). The Morgan fingerprint density at radius 3 is 2.62 bits per heavy atom. The first-order valence-corrected chi connectivity index (χ1v) is 4.26. The molecule has 2 N–H and O–H groups in total. The van der Waals surface area contributed by atoms with Crippen LogP contribution in [0.15, 0.2) is 18.2 Å². The van der Waals surface area contributed by atoms with Crippen LogP contribution in [-0.4, -0.2) is 17.6 Å². The number of anilines is 1. The van der Waals surface area contributed by atoms with Gasteiger partial charge in [0.2, 0.25) is 0 Å². The van der Waals surface area contributed by atoms with Gasteiger partial charge in [-0.1, -0.05) is 23.2 Å². The van der Waals surface area contributed by atoms with E-state index in [-0.39, 0.29) is 6.54 Å². The summed E-state index contributed by atoms with van der Waals surface area (Å²) < 4.78 is 0. The first-order valence-electron chi connectivity index (χ1n) is 3.50. The van der Waals surface area contributed by atoms with Crippen LogP contribution in [0.4, 0.5) is 5.69 Å². The van der Waals surface area contributed by atoms with Gasteiger partial charge in [-0.2, -0.15) is 0 Å². The summed E-state index contributed by atoms with van der Waals surface area (Å²) in [5.41, 5.74) is 0.636. The first kappa shape index (κ1) is 10.2. The lowest BCUT2D eigenvalue weighted by Gasteiger charge is -2.03. The van der Waals surface area contributed by atoms with E-state index in [1.807, 2.05) is 0 Å². The third-order valence-electron chi connectivity index (χ3n) is 1.36. The van der Waals surface area contributed by atoms with Crippen molar-refractivity contribution in [3.63, 3.8) is 0 Å². The van der Waals surface area contributed by atoms with E-state index in [1.165, 1.54) is 0 Å². The van der Waals surface area contributed by atoms with Gasteiger partial charge in [-0.05, 0) is 18.2 Å². The second-order valence-corrected chi connectivity index (χ2v) is 3.19. The third kappa shape index (κ3) is 3.13. The molecule has 0 saturated heterocycles. The largest absolute Gasteiger partial charge is 0.480 e. The van der Waals surface area contributed by atoms with Gasteiger partial charge in [0.1, 0.15) is 6.54 Å². The van der Waals surface area contributed by atoms with Crippen molar-refractivity contribution < 1.29 is 9.90 Å². The Labute approximate surface area is 85.3 Å². The minimum Gasteiger partial charge on any atom is -0.480 e. The van der Waals surface area contributed by atoms with Gasteiger partial charge >= 0.3 is 5.97 Å². The first-order chi connectivity index (χ1) is 6.09. The molecule has 5 heteroatoms. The van der Waals surface area contributed by atoms with E-state index in [1.54, 1.807) is 18.2 Å². The van der Waals surface area contributed by atoms with Crippen LogP contribution < -0.4 is 5.32 Å². The highest BCUT2D eigenvalue weighted by Crippen LogP contribution is 2.24. The van der Waals surface area contributed by atoms with Crippen molar-refractivity contribution in [3.8, 4) is 0 Å². The Morgan fingerprint density at radius 1 is 1.38 bits per heavy atom. The van der Waals surface area contributed by atoms with Crippen LogP contribution in [0.2, 0.25) is 10.0 Å². The zero-order chi connectivity index (χ0) is 9.84. The zero-order valence-corrected chi connectivity index (χ0v) is 8.06. The lowest BCUT2D eigenvalue weighted by atomic mass is 10.3. The summed E-state index contributed by atoms with van der Waals surface area (Å²) in [6, 6.07) is 4.85. The Kier molecular flexibility index (Phi) is 3.39. The lowest BCUT2D eigenvalue weighted by molar-refractivity contribution is -0.134. The van der Waals surface area contributed by atoms with Crippen LogP contribution in [0.5, 0.6) is 0 Å². The van der Waals surface area contributed by atoms with Crippen LogP contribution in [0, 0.1) is 0 Å². The molecule has 3 nitrogen and oxygen atoms in total. The maximum atomic E-state index is 10.2. The fourth-order valence-corrected chi connectivity index (χ4v) is 1.08. The molecule has 0 saturated carbocycles. The number of carboxylic acids is 1. The van der Waals surface area contributed by atoms with E-state index in [2.05, 4.69) is 5.32 Å². The highest BCUT2D eigenvalue weighted by atomic mass is 35.5. The molecule has 0 radical (unpaired) electrons. The topological polar surface area (TPSA) is 49.3 Å². The number of benzene rings is 1.